The topological polar surface area (TPSA) is 40.9 Å². The maximum Gasteiger partial charge on any atom is 0.141 e. The van der Waals surface area contributed by atoms with Crippen molar-refractivity contribution in [1.82, 2.24) is 0 Å². The average Bonchev–Trinajstić information content (AvgIpc) is 2.39. The largest absolute Gasteiger partial charge is 0.303 e. The van der Waals surface area contributed by atoms with Crippen molar-refractivity contribution < 1.29 is 9.18 Å². The van der Waals surface area contributed by atoms with Crippen molar-refractivity contribution in [3.63, 3.8) is 0 Å². The van der Waals surface area contributed by atoms with E-state index >= 15 is 0 Å². The van der Waals surface area contributed by atoms with Gasteiger partial charge in [-0.1, -0.05) is 6.07 Å². The van der Waals surface area contributed by atoms with Crippen molar-refractivity contribution in [3.05, 3.63) is 35.1 Å². The molecule has 0 unspecified atom stereocenters. The molecule has 0 N–H and O–H groups in total. The smallest absolute Gasteiger partial charge is 0.141 e. The molecule has 0 radical (unpaired) electrons. The first kappa shape index (κ1) is 11.8. The lowest BCUT2D eigenvalue weighted by molar-refractivity contribution is -0.111. The van der Waals surface area contributed by atoms with E-state index in [9.17, 15) is 9.18 Å². The predicted molar refractivity (Wildman–Crippen MR) is 61.9 cm³/mol. The van der Waals surface area contributed by atoms with Crippen molar-refractivity contribution in [2.75, 3.05) is 0 Å². The van der Waals surface area contributed by atoms with Crippen LogP contribution in [0.1, 0.15) is 42.7 Å². The van der Waals surface area contributed by atoms with Crippen LogP contribution in [-0.4, -0.2) is 6.29 Å². The minimum Gasteiger partial charge on any atom is -0.303 e. The first-order valence-corrected chi connectivity index (χ1v) is 5.89. The molecule has 3 heteroatoms. The van der Waals surface area contributed by atoms with Gasteiger partial charge in [0.15, 0.2) is 0 Å². The molecule has 0 bridgehead atoms. The van der Waals surface area contributed by atoms with Gasteiger partial charge < -0.3 is 4.79 Å². The van der Waals surface area contributed by atoms with Crippen LogP contribution in [-0.2, 0) is 4.79 Å². The number of carbonyl (C=O) groups excluding carboxylic acids is 1. The molecular formula is C14H14FNO. The standard InChI is InChI=1S/C14H14FNO/c15-14-7-12(5-6-13(14)8-16)11-3-1-10(9-17)2-4-11/h5-7,9-11H,1-4H2. The second-order valence-electron chi connectivity index (χ2n) is 4.60. The van der Waals surface area contributed by atoms with E-state index < -0.39 is 5.82 Å². The van der Waals surface area contributed by atoms with Crippen LogP contribution in [0, 0.1) is 23.1 Å². The summed E-state index contributed by atoms with van der Waals surface area (Å²) < 4.78 is 13.5. The summed E-state index contributed by atoms with van der Waals surface area (Å²) in [5.74, 6) is 0.0606. The molecule has 0 heterocycles. The number of benzene rings is 1. The normalized spacial score (nSPS) is 24.0. The molecule has 88 valence electrons. The van der Waals surface area contributed by atoms with E-state index in [1.54, 1.807) is 0 Å². The van der Waals surface area contributed by atoms with E-state index in [0.29, 0.717) is 5.92 Å². The molecule has 2 rings (SSSR count). The van der Waals surface area contributed by atoms with E-state index in [4.69, 9.17) is 5.26 Å². The zero-order valence-corrected chi connectivity index (χ0v) is 9.53. The van der Waals surface area contributed by atoms with Crippen LogP contribution in [0.2, 0.25) is 0 Å². The minimum atomic E-state index is -0.442. The fraction of sp³-hybridized carbons (Fsp3) is 0.429. The van der Waals surface area contributed by atoms with Crippen molar-refractivity contribution in [2.24, 2.45) is 5.92 Å². The molecule has 0 spiro atoms. The maximum atomic E-state index is 13.5. The fourth-order valence-electron chi connectivity index (χ4n) is 2.46. The lowest BCUT2D eigenvalue weighted by Gasteiger charge is -2.25. The second-order valence-corrected chi connectivity index (χ2v) is 4.60. The van der Waals surface area contributed by atoms with Crippen LogP contribution >= 0.6 is 0 Å². The second kappa shape index (κ2) is 5.09. The molecule has 0 atom stereocenters. The monoisotopic (exact) mass is 231 g/mol. The highest BCUT2D eigenvalue weighted by atomic mass is 19.1. The van der Waals surface area contributed by atoms with E-state index in [2.05, 4.69) is 0 Å². The predicted octanol–water partition coefficient (Wildman–Crippen LogP) is 3.17. The Kier molecular flexibility index (Phi) is 3.53. The van der Waals surface area contributed by atoms with Gasteiger partial charge in [0.05, 0.1) is 5.56 Å². The molecule has 1 fully saturated rings. The Morgan fingerprint density at radius 2 is 2.00 bits per heavy atom. The van der Waals surface area contributed by atoms with Crippen LogP contribution in [0.4, 0.5) is 4.39 Å². The Bertz CT molecular complexity index is 456. The summed E-state index contributed by atoms with van der Waals surface area (Å²) in [7, 11) is 0. The van der Waals surface area contributed by atoms with Crippen LogP contribution in [0.25, 0.3) is 0 Å². The number of carbonyl (C=O) groups is 1. The first-order valence-electron chi connectivity index (χ1n) is 5.89. The zero-order valence-electron chi connectivity index (χ0n) is 9.53. The third-order valence-corrected chi connectivity index (χ3v) is 3.55. The SMILES string of the molecule is N#Cc1ccc(C2CCC(C=O)CC2)cc1F. The molecule has 1 saturated carbocycles. The lowest BCUT2D eigenvalue weighted by Crippen LogP contribution is -2.14. The van der Waals surface area contributed by atoms with E-state index in [1.165, 1.54) is 12.1 Å². The summed E-state index contributed by atoms with van der Waals surface area (Å²) in [5.41, 5.74) is 1.04. The highest BCUT2D eigenvalue weighted by Gasteiger charge is 2.22. The fourth-order valence-corrected chi connectivity index (χ4v) is 2.46. The molecule has 1 aromatic rings. The number of hydrogen-bond acceptors (Lipinski definition) is 2. The summed E-state index contributed by atoms with van der Waals surface area (Å²) in [6.45, 7) is 0. The van der Waals surface area contributed by atoms with Crippen molar-refractivity contribution in [1.29, 1.82) is 5.26 Å². The Balaban J connectivity index is 2.11. The zero-order chi connectivity index (χ0) is 12.3. The van der Waals surface area contributed by atoms with Gasteiger partial charge >= 0.3 is 0 Å². The quantitative estimate of drug-likeness (QED) is 0.733. The molecule has 0 aliphatic heterocycles. The number of hydrogen-bond donors (Lipinski definition) is 0. The molecule has 0 saturated heterocycles. The molecule has 17 heavy (non-hydrogen) atoms. The number of nitrogens with zero attached hydrogens (tertiary/aromatic N) is 1. The van der Waals surface area contributed by atoms with Crippen molar-refractivity contribution >= 4 is 6.29 Å². The third-order valence-electron chi connectivity index (χ3n) is 3.55. The Morgan fingerprint density at radius 3 is 2.53 bits per heavy atom. The van der Waals surface area contributed by atoms with Crippen LogP contribution < -0.4 is 0 Å². The molecule has 2 nitrogen and oxygen atoms in total. The van der Waals surface area contributed by atoms with Gasteiger partial charge in [-0.15, -0.1) is 0 Å². The summed E-state index contributed by atoms with van der Waals surface area (Å²) in [6.07, 6.45) is 4.64. The molecule has 1 aliphatic carbocycles. The highest BCUT2D eigenvalue weighted by Crippen LogP contribution is 2.35. The summed E-state index contributed by atoms with van der Waals surface area (Å²) in [4.78, 5) is 10.6. The van der Waals surface area contributed by atoms with Gasteiger partial charge in [-0.05, 0) is 49.3 Å². The van der Waals surface area contributed by atoms with Gasteiger partial charge in [-0.3, -0.25) is 0 Å². The summed E-state index contributed by atoms with van der Waals surface area (Å²) in [5, 5.41) is 8.66. The van der Waals surface area contributed by atoms with Gasteiger partial charge in [0.1, 0.15) is 18.2 Å². The minimum absolute atomic E-state index is 0.0929. The van der Waals surface area contributed by atoms with Gasteiger partial charge in [0.2, 0.25) is 0 Å². The number of rotatable bonds is 2. The lowest BCUT2D eigenvalue weighted by atomic mass is 9.79. The number of aldehydes is 1. The van der Waals surface area contributed by atoms with E-state index in [-0.39, 0.29) is 11.5 Å². The van der Waals surface area contributed by atoms with Crippen molar-refractivity contribution in [2.45, 2.75) is 31.6 Å². The summed E-state index contributed by atoms with van der Waals surface area (Å²) >= 11 is 0. The average molecular weight is 231 g/mol. The number of nitriles is 1. The molecular weight excluding hydrogens is 217 g/mol. The Hall–Kier alpha value is -1.69. The highest BCUT2D eigenvalue weighted by molar-refractivity contribution is 5.53. The van der Waals surface area contributed by atoms with E-state index in [0.717, 1.165) is 37.5 Å². The molecule has 0 aromatic heterocycles. The van der Waals surface area contributed by atoms with Crippen molar-refractivity contribution in [3.8, 4) is 6.07 Å². The third kappa shape index (κ3) is 2.52. The maximum absolute atomic E-state index is 13.5. The summed E-state index contributed by atoms with van der Waals surface area (Å²) in [6, 6.07) is 6.65. The molecule has 1 aromatic carbocycles. The van der Waals surface area contributed by atoms with Gasteiger partial charge in [0.25, 0.3) is 0 Å². The molecule has 1 aliphatic rings. The number of halogens is 1. The Morgan fingerprint density at radius 1 is 1.29 bits per heavy atom. The molecule has 0 amide bonds. The Labute approximate surface area is 100 Å². The van der Waals surface area contributed by atoms with Crippen LogP contribution in [0.15, 0.2) is 18.2 Å². The van der Waals surface area contributed by atoms with Gasteiger partial charge in [-0.25, -0.2) is 4.39 Å². The van der Waals surface area contributed by atoms with Crippen LogP contribution in [0.5, 0.6) is 0 Å². The van der Waals surface area contributed by atoms with Crippen LogP contribution in [0.3, 0.4) is 0 Å². The first-order chi connectivity index (χ1) is 8.24. The van der Waals surface area contributed by atoms with E-state index in [1.807, 2.05) is 12.1 Å². The van der Waals surface area contributed by atoms with Gasteiger partial charge in [-0.2, -0.15) is 5.26 Å². The van der Waals surface area contributed by atoms with Gasteiger partial charge in [0, 0.05) is 5.92 Å².